The molecule has 0 radical (unpaired) electrons. The van der Waals surface area contributed by atoms with Crippen LogP contribution >= 0.6 is 11.8 Å². The molecule has 0 aromatic carbocycles. The number of methoxy groups -OCH3 is 1. The van der Waals surface area contributed by atoms with Crippen molar-refractivity contribution in [2.24, 2.45) is 5.41 Å². The molecule has 0 heterocycles. The van der Waals surface area contributed by atoms with Crippen LogP contribution in [-0.2, 0) is 14.3 Å². The van der Waals surface area contributed by atoms with Gasteiger partial charge in [-0.2, -0.15) is 24.9 Å². The molecule has 23 heavy (non-hydrogen) atoms. The van der Waals surface area contributed by atoms with Gasteiger partial charge >= 0.3 is 12.1 Å². The third-order valence-electron chi connectivity index (χ3n) is 4.59. The van der Waals surface area contributed by atoms with Gasteiger partial charge in [-0.25, -0.2) is 4.79 Å². The first-order valence-electron chi connectivity index (χ1n) is 7.43. The highest BCUT2D eigenvalue weighted by Gasteiger charge is 2.57. The lowest BCUT2D eigenvalue weighted by Gasteiger charge is -2.52. The number of halogens is 3. The summed E-state index contributed by atoms with van der Waals surface area (Å²) in [6.07, 6.45) is -0.153. The molecule has 0 amide bonds. The highest BCUT2D eigenvalue weighted by atomic mass is 32.2. The van der Waals surface area contributed by atoms with Crippen LogP contribution in [0.1, 0.15) is 32.1 Å². The minimum atomic E-state index is -4.88. The van der Waals surface area contributed by atoms with Crippen molar-refractivity contribution < 1.29 is 27.5 Å². The van der Waals surface area contributed by atoms with Gasteiger partial charge in [0.05, 0.1) is 7.11 Å². The van der Waals surface area contributed by atoms with Crippen LogP contribution in [0, 0.1) is 5.41 Å². The molecule has 1 unspecified atom stereocenters. The molecule has 1 atom stereocenters. The van der Waals surface area contributed by atoms with E-state index in [0.29, 0.717) is 31.4 Å². The fourth-order valence-electron chi connectivity index (χ4n) is 3.24. The number of ketones is 1. The largest absolute Gasteiger partial charge is 0.467 e. The fraction of sp³-hybridized carbons (Fsp3) is 0.733. The fourth-order valence-corrected chi connectivity index (χ4v) is 3.71. The molecule has 4 nitrogen and oxygen atoms in total. The van der Waals surface area contributed by atoms with Crippen molar-refractivity contribution in [1.29, 1.82) is 0 Å². The number of hydrogen-bond acceptors (Lipinski definition) is 5. The number of esters is 1. The van der Waals surface area contributed by atoms with Gasteiger partial charge in [-0.1, -0.05) is 6.42 Å². The van der Waals surface area contributed by atoms with Crippen LogP contribution in [0.4, 0.5) is 13.2 Å². The summed E-state index contributed by atoms with van der Waals surface area (Å²) in [7, 11) is 1.24. The molecule has 8 heteroatoms. The number of carbonyl (C=O) groups is 2. The molecule has 0 aromatic heterocycles. The van der Waals surface area contributed by atoms with Gasteiger partial charge in [0.15, 0.2) is 0 Å². The van der Waals surface area contributed by atoms with Gasteiger partial charge in [-0.15, -0.1) is 0 Å². The molecule has 1 fully saturated rings. The smallest absolute Gasteiger partial charge is 0.454 e. The number of carbonyl (C=O) groups excluding carboxylic acids is 2. The summed E-state index contributed by atoms with van der Waals surface area (Å²) in [6, 6.07) is -0.726. The Labute approximate surface area is 137 Å². The van der Waals surface area contributed by atoms with E-state index >= 15 is 0 Å². The van der Waals surface area contributed by atoms with E-state index < -0.39 is 29.4 Å². The number of ether oxygens (including phenoxy) is 1. The second kappa shape index (κ2) is 6.75. The minimum Gasteiger partial charge on any atom is -0.467 e. The molecule has 0 aromatic rings. The van der Waals surface area contributed by atoms with Crippen LogP contribution < -0.4 is 5.32 Å². The summed E-state index contributed by atoms with van der Waals surface area (Å²) in [6.45, 7) is 0. The molecule has 130 valence electrons. The van der Waals surface area contributed by atoms with E-state index in [-0.39, 0.29) is 11.3 Å². The van der Waals surface area contributed by atoms with Crippen molar-refractivity contribution in [3.05, 3.63) is 11.3 Å². The Bertz CT molecular complexity index is 527. The van der Waals surface area contributed by atoms with E-state index in [1.54, 1.807) is 0 Å². The Balaban J connectivity index is 2.22. The van der Waals surface area contributed by atoms with Crippen LogP contribution in [-0.4, -0.2) is 43.1 Å². The number of nitrogens with one attached hydrogen (secondary N) is 1. The van der Waals surface area contributed by atoms with E-state index in [4.69, 9.17) is 4.74 Å². The summed E-state index contributed by atoms with van der Waals surface area (Å²) in [4.78, 5) is 23.5. The number of Topliss-reactive ketones (excluding diaryl/α,β-unsaturated/α-hetero) is 1. The van der Waals surface area contributed by atoms with Crippen molar-refractivity contribution in [2.75, 3.05) is 19.1 Å². The molecule has 0 bridgehead atoms. The SMILES string of the molecule is COC(=O)C(CCSC)NC1=C(C(=O)C(F)(F)F)C2(CCC2)C1. The summed E-state index contributed by atoms with van der Waals surface area (Å²) < 4.78 is 43.3. The van der Waals surface area contributed by atoms with Gasteiger partial charge in [0.25, 0.3) is 5.78 Å². The average molecular weight is 351 g/mol. The predicted octanol–water partition coefficient (Wildman–Crippen LogP) is 2.83. The Kier molecular flexibility index (Phi) is 5.33. The van der Waals surface area contributed by atoms with Crippen molar-refractivity contribution in [2.45, 2.75) is 44.3 Å². The van der Waals surface area contributed by atoms with Crippen molar-refractivity contribution in [3.63, 3.8) is 0 Å². The van der Waals surface area contributed by atoms with Crippen molar-refractivity contribution >= 4 is 23.5 Å². The van der Waals surface area contributed by atoms with Crippen LogP contribution in [0.15, 0.2) is 11.3 Å². The molecule has 2 rings (SSSR count). The molecule has 2 aliphatic rings. The summed E-state index contributed by atoms with van der Waals surface area (Å²) in [5.74, 6) is -1.65. The monoisotopic (exact) mass is 351 g/mol. The van der Waals surface area contributed by atoms with Gasteiger partial charge in [0, 0.05) is 16.7 Å². The first-order valence-corrected chi connectivity index (χ1v) is 8.83. The number of rotatable bonds is 7. The molecule has 1 spiro atoms. The maximum atomic E-state index is 12.9. The lowest BCUT2D eigenvalue weighted by Crippen LogP contribution is -2.52. The Morgan fingerprint density at radius 3 is 2.48 bits per heavy atom. The number of alkyl halides is 3. The molecule has 0 aliphatic heterocycles. The highest BCUT2D eigenvalue weighted by molar-refractivity contribution is 7.98. The zero-order chi connectivity index (χ0) is 17.3. The third kappa shape index (κ3) is 3.51. The number of allylic oxidation sites excluding steroid dienone is 2. The molecule has 0 saturated heterocycles. The third-order valence-corrected chi connectivity index (χ3v) is 5.23. The number of thioether (sulfide) groups is 1. The zero-order valence-electron chi connectivity index (χ0n) is 13.1. The number of hydrogen-bond donors (Lipinski definition) is 1. The standard InChI is InChI=1S/C15H20F3NO3S/c1-22-13(21)9(4-7-23-2)19-10-8-14(5-3-6-14)11(10)12(20)15(16,17)18/h9,19H,3-8H2,1-2H3. The van der Waals surface area contributed by atoms with Gasteiger partial charge in [-0.3, -0.25) is 4.79 Å². The maximum absolute atomic E-state index is 12.9. The maximum Gasteiger partial charge on any atom is 0.454 e. The normalized spacial score (nSPS) is 20.6. The van der Waals surface area contributed by atoms with Gasteiger partial charge in [0.1, 0.15) is 6.04 Å². The van der Waals surface area contributed by atoms with Crippen LogP contribution in [0.5, 0.6) is 0 Å². The summed E-state index contributed by atoms with van der Waals surface area (Å²) in [5.41, 5.74) is -0.549. The summed E-state index contributed by atoms with van der Waals surface area (Å²) >= 11 is 1.53. The van der Waals surface area contributed by atoms with Crippen LogP contribution in [0.3, 0.4) is 0 Å². The second-order valence-electron chi connectivity index (χ2n) is 5.99. The van der Waals surface area contributed by atoms with E-state index in [0.717, 1.165) is 6.42 Å². The molecule has 2 aliphatic carbocycles. The Morgan fingerprint density at radius 1 is 1.39 bits per heavy atom. The second-order valence-corrected chi connectivity index (χ2v) is 6.98. The predicted molar refractivity (Wildman–Crippen MR) is 80.9 cm³/mol. The molecule has 1 saturated carbocycles. The first-order chi connectivity index (χ1) is 10.7. The van der Waals surface area contributed by atoms with Crippen LogP contribution in [0.2, 0.25) is 0 Å². The van der Waals surface area contributed by atoms with E-state index in [2.05, 4.69) is 5.32 Å². The highest BCUT2D eigenvalue weighted by Crippen LogP contribution is 2.60. The van der Waals surface area contributed by atoms with Gasteiger partial charge in [0.2, 0.25) is 0 Å². The minimum absolute atomic E-state index is 0.172. The van der Waals surface area contributed by atoms with E-state index in [9.17, 15) is 22.8 Å². The topological polar surface area (TPSA) is 55.4 Å². The van der Waals surface area contributed by atoms with Crippen molar-refractivity contribution in [1.82, 2.24) is 5.32 Å². The van der Waals surface area contributed by atoms with Crippen molar-refractivity contribution in [3.8, 4) is 0 Å². The quantitative estimate of drug-likeness (QED) is 0.715. The first kappa shape index (κ1) is 18.2. The zero-order valence-corrected chi connectivity index (χ0v) is 13.9. The lowest BCUT2D eigenvalue weighted by atomic mass is 9.53. The van der Waals surface area contributed by atoms with Crippen LogP contribution in [0.25, 0.3) is 0 Å². The average Bonchev–Trinajstić information content (AvgIpc) is 2.42. The molecule has 1 N–H and O–H groups in total. The van der Waals surface area contributed by atoms with E-state index in [1.165, 1.54) is 18.9 Å². The Hall–Kier alpha value is -1.18. The van der Waals surface area contributed by atoms with Gasteiger partial charge < -0.3 is 10.1 Å². The lowest BCUT2D eigenvalue weighted by molar-refractivity contribution is -0.169. The Morgan fingerprint density at radius 2 is 2.04 bits per heavy atom. The molecular weight excluding hydrogens is 331 g/mol. The molecular formula is C15H20F3NO3S. The van der Waals surface area contributed by atoms with Gasteiger partial charge in [-0.05, 0) is 37.7 Å². The summed E-state index contributed by atoms with van der Waals surface area (Å²) in [5, 5.41) is 2.84. The van der Waals surface area contributed by atoms with E-state index in [1.807, 2.05) is 6.26 Å².